The van der Waals surface area contributed by atoms with Crippen LogP contribution < -0.4 is 16.0 Å². The van der Waals surface area contributed by atoms with Gasteiger partial charge in [0, 0.05) is 37.7 Å². The molecule has 1 unspecified atom stereocenters. The molecule has 7 heteroatoms. The van der Waals surface area contributed by atoms with Crippen LogP contribution in [0.5, 0.6) is 0 Å². The van der Waals surface area contributed by atoms with E-state index < -0.39 is 6.04 Å². The van der Waals surface area contributed by atoms with Gasteiger partial charge in [-0.05, 0) is 36.1 Å². The zero-order valence-electron chi connectivity index (χ0n) is 14.9. The van der Waals surface area contributed by atoms with Gasteiger partial charge in [-0.15, -0.1) is 0 Å². The van der Waals surface area contributed by atoms with Gasteiger partial charge in [-0.25, -0.2) is 0 Å². The fourth-order valence-corrected chi connectivity index (χ4v) is 4.07. The van der Waals surface area contributed by atoms with E-state index in [0.29, 0.717) is 30.5 Å². The van der Waals surface area contributed by atoms with Gasteiger partial charge in [-0.3, -0.25) is 19.7 Å². The molecule has 2 saturated heterocycles. The fraction of sp³-hybridized carbons (Fsp3) is 0.526. The van der Waals surface area contributed by atoms with Crippen molar-refractivity contribution in [2.75, 3.05) is 13.1 Å². The summed E-state index contributed by atoms with van der Waals surface area (Å²) in [4.78, 5) is 37.7. The molecule has 1 aromatic rings. The minimum atomic E-state index is -0.556. The molecule has 0 aliphatic carbocycles. The molecular weight excluding hydrogens is 332 g/mol. The second-order valence-corrected chi connectivity index (χ2v) is 7.51. The topological polar surface area (TPSA) is 90.5 Å². The maximum atomic E-state index is 12.7. The van der Waals surface area contributed by atoms with Gasteiger partial charge in [-0.2, -0.15) is 0 Å². The average molecular weight is 356 g/mol. The van der Waals surface area contributed by atoms with Crippen molar-refractivity contribution in [3.8, 4) is 0 Å². The summed E-state index contributed by atoms with van der Waals surface area (Å²) in [6.07, 6.45) is 0.671. The lowest BCUT2D eigenvalue weighted by Gasteiger charge is -2.29. The van der Waals surface area contributed by atoms with Crippen molar-refractivity contribution in [3.63, 3.8) is 0 Å². The van der Waals surface area contributed by atoms with Gasteiger partial charge < -0.3 is 15.5 Å². The first kappa shape index (κ1) is 17.2. The lowest BCUT2D eigenvalue weighted by molar-refractivity contribution is -0.136. The lowest BCUT2D eigenvalue weighted by atomic mass is 10.0. The van der Waals surface area contributed by atoms with Crippen molar-refractivity contribution in [2.24, 2.45) is 5.92 Å². The number of piperidine rings is 1. The predicted octanol–water partition coefficient (Wildman–Crippen LogP) is 0.145. The number of amides is 3. The Morgan fingerprint density at radius 1 is 1.23 bits per heavy atom. The zero-order chi connectivity index (χ0) is 18.3. The number of nitrogens with one attached hydrogen (secondary N) is 3. The van der Waals surface area contributed by atoms with E-state index in [2.05, 4.69) is 28.9 Å². The molecule has 3 aliphatic rings. The number of rotatable bonds is 4. The third kappa shape index (κ3) is 3.12. The van der Waals surface area contributed by atoms with Gasteiger partial charge in [0.15, 0.2) is 0 Å². The first-order chi connectivity index (χ1) is 12.5. The molecule has 0 spiro atoms. The molecular formula is C19H24N4O3. The van der Waals surface area contributed by atoms with Gasteiger partial charge in [0.05, 0.1) is 0 Å². The maximum absolute atomic E-state index is 12.7. The van der Waals surface area contributed by atoms with E-state index in [9.17, 15) is 14.4 Å². The van der Waals surface area contributed by atoms with Crippen molar-refractivity contribution < 1.29 is 14.4 Å². The summed E-state index contributed by atoms with van der Waals surface area (Å²) in [6.45, 7) is 5.44. The number of nitrogens with zero attached hydrogens (tertiary/aromatic N) is 1. The largest absolute Gasteiger partial charge is 0.322 e. The van der Waals surface area contributed by atoms with E-state index in [-0.39, 0.29) is 24.1 Å². The smallest absolute Gasteiger partial charge is 0.255 e. The van der Waals surface area contributed by atoms with Gasteiger partial charge in [0.2, 0.25) is 11.8 Å². The fourth-order valence-electron chi connectivity index (χ4n) is 4.07. The minimum absolute atomic E-state index is 0.123. The Morgan fingerprint density at radius 2 is 2.08 bits per heavy atom. The third-order valence-corrected chi connectivity index (χ3v) is 5.67. The van der Waals surface area contributed by atoms with Crippen LogP contribution in [0.1, 0.15) is 41.3 Å². The lowest BCUT2D eigenvalue weighted by Crippen LogP contribution is -2.52. The average Bonchev–Trinajstić information content (AvgIpc) is 3.16. The summed E-state index contributed by atoms with van der Waals surface area (Å²) in [5, 5.41) is 9.29. The summed E-state index contributed by atoms with van der Waals surface area (Å²) < 4.78 is 0. The molecule has 3 aliphatic heterocycles. The Hall–Kier alpha value is -2.25. The van der Waals surface area contributed by atoms with Crippen LogP contribution in [0.4, 0.5) is 0 Å². The van der Waals surface area contributed by atoms with Crippen LogP contribution in [-0.2, 0) is 22.7 Å². The summed E-state index contributed by atoms with van der Waals surface area (Å²) in [6, 6.07) is 5.80. The second-order valence-electron chi connectivity index (χ2n) is 7.51. The maximum Gasteiger partial charge on any atom is 0.255 e. The van der Waals surface area contributed by atoms with E-state index in [0.717, 1.165) is 30.8 Å². The van der Waals surface area contributed by atoms with Gasteiger partial charge in [0.25, 0.3) is 5.91 Å². The second kappa shape index (κ2) is 6.81. The highest BCUT2D eigenvalue weighted by molar-refractivity contribution is 6.05. The van der Waals surface area contributed by atoms with Crippen LogP contribution >= 0.6 is 0 Å². The molecule has 138 valence electrons. The number of carbonyl (C=O) groups is 3. The summed E-state index contributed by atoms with van der Waals surface area (Å²) in [5.41, 5.74) is 2.76. The van der Waals surface area contributed by atoms with E-state index in [1.54, 1.807) is 4.90 Å². The highest BCUT2D eigenvalue weighted by atomic mass is 16.2. The molecule has 0 radical (unpaired) electrons. The standard InChI is InChI=1S/C19H24N4O3/c1-11-7-20-9-15(11)21-8-12-2-3-14-13(6-12)10-23(19(14)26)16-4-5-17(24)22-18(16)25/h2-3,6,11,15-16,20-21H,4-5,7-10H2,1H3,(H,22,24,25)/t11-,15-,16?/m1/s1. The molecule has 7 nitrogen and oxygen atoms in total. The summed E-state index contributed by atoms with van der Waals surface area (Å²) in [5.74, 6) is -0.150. The monoisotopic (exact) mass is 356 g/mol. The molecule has 0 saturated carbocycles. The Labute approximate surface area is 152 Å². The van der Waals surface area contributed by atoms with Gasteiger partial charge in [0.1, 0.15) is 6.04 Å². The van der Waals surface area contributed by atoms with Crippen LogP contribution in [0.25, 0.3) is 0 Å². The Kier molecular flexibility index (Phi) is 4.50. The highest BCUT2D eigenvalue weighted by Crippen LogP contribution is 2.28. The quantitative estimate of drug-likeness (QED) is 0.668. The molecule has 26 heavy (non-hydrogen) atoms. The van der Waals surface area contributed by atoms with E-state index in [1.807, 2.05) is 12.1 Å². The van der Waals surface area contributed by atoms with Crippen molar-refractivity contribution in [3.05, 3.63) is 34.9 Å². The summed E-state index contributed by atoms with van der Waals surface area (Å²) in [7, 11) is 0. The van der Waals surface area contributed by atoms with Crippen molar-refractivity contribution in [1.29, 1.82) is 0 Å². The third-order valence-electron chi connectivity index (χ3n) is 5.67. The minimum Gasteiger partial charge on any atom is -0.322 e. The number of fused-ring (bicyclic) bond motifs is 1. The van der Waals surface area contributed by atoms with Crippen LogP contribution in [0.15, 0.2) is 18.2 Å². The Bertz CT molecular complexity index is 763. The molecule has 0 aromatic heterocycles. The van der Waals surface area contributed by atoms with E-state index in [1.165, 1.54) is 0 Å². The van der Waals surface area contributed by atoms with Crippen molar-refractivity contribution in [2.45, 2.75) is 44.9 Å². The number of hydrogen-bond donors (Lipinski definition) is 3. The predicted molar refractivity (Wildman–Crippen MR) is 95.1 cm³/mol. The van der Waals surface area contributed by atoms with E-state index in [4.69, 9.17) is 0 Å². The molecule has 3 N–H and O–H groups in total. The van der Waals surface area contributed by atoms with Crippen LogP contribution in [0.3, 0.4) is 0 Å². The first-order valence-corrected chi connectivity index (χ1v) is 9.23. The number of imide groups is 1. The zero-order valence-corrected chi connectivity index (χ0v) is 14.9. The normalized spacial score (nSPS) is 28.4. The number of carbonyl (C=O) groups excluding carboxylic acids is 3. The SMILES string of the molecule is C[C@@H]1CNC[C@H]1NCc1ccc2c(c1)CN(C1CCC(=O)NC1=O)C2=O. The highest BCUT2D eigenvalue weighted by Gasteiger charge is 2.39. The molecule has 0 bridgehead atoms. The first-order valence-electron chi connectivity index (χ1n) is 9.23. The van der Waals surface area contributed by atoms with E-state index >= 15 is 0 Å². The summed E-state index contributed by atoms with van der Waals surface area (Å²) >= 11 is 0. The van der Waals surface area contributed by atoms with Crippen molar-refractivity contribution >= 4 is 17.7 Å². The number of benzene rings is 1. The van der Waals surface area contributed by atoms with Crippen LogP contribution in [0, 0.1) is 5.92 Å². The molecule has 4 rings (SSSR count). The van der Waals surface area contributed by atoms with Crippen LogP contribution in [0.2, 0.25) is 0 Å². The van der Waals surface area contributed by atoms with Crippen molar-refractivity contribution in [1.82, 2.24) is 20.9 Å². The van der Waals surface area contributed by atoms with Crippen LogP contribution in [-0.4, -0.2) is 47.8 Å². The molecule has 1 aromatic carbocycles. The molecule has 3 atom stereocenters. The molecule has 3 amide bonds. The van der Waals surface area contributed by atoms with Gasteiger partial charge >= 0.3 is 0 Å². The molecule has 2 fully saturated rings. The molecule has 3 heterocycles. The number of hydrogen-bond acceptors (Lipinski definition) is 5. The Balaban J connectivity index is 1.44. The Morgan fingerprint density at radius 3 is 2.81 bits per heavy atom. The van der Waals surface area contributed by atoms with Gasteiger partial charge in [-0.1, -0.05) is 19.1 Å².